The summed E-state index contributed by atoms with van der Waals surface area (Å²) in [5.41, 5.74) is 6.48. The molecule has 1 fully saturated rings. The normalized spacial score (nSPS) is 23.4. The van der Waals surface area contributed by atoms with Gasteiger partial charge in [-0.1, -0.05) is 0 Å². The fraction of sp³-hybridized carbons (Fsp3) is 0.583. The lowest BCUT2D eigenvalue weighted by Gasteiger charge is -2.25. The van der Waals surface area contributed by atoms with Crippen LogP contribution >= 0.6 is 0 Å². The molecule has 18 heavy (non-hydrogen) atoms. The Labute approximate surface area is 107 Å². The number of β-amino-alcohol motifs (C(OH)–C–C–N with tert-alkyl or cyclic N) is 1. The molecule has 0 amide bonds. The van der Waals surface area contributed by atoms with E-state index in [2.05, 4.69) is 4.98 Å². The number of nitrogens with zero attached hydrogens (tertiary/aromatic N) is 3. The summed E-state index contributed by atoms with van der Waals surface area (Å²) in [7, 11) is 3.76. The Bertz CT molecular complexity index is 425. The standard InChI is InChI=1S/C12H20N4O2/c1-15(2)12-10(13)3-4-11(14-12)16-6-9(18)5-8(16)7-17/h3-4,8-9,17-18H,5-7,13H2,1-2H3. The van der Waals surface area contributed by atoms with Crippen LogP contribution in [-0.2, 0) is 0 Å². The van der Waals surface area contributed by atoms with Crippen LogP contribution in [0.25, 0.3) is 0 Å². The molecule has 2 rings (SSSR count). The van der Waals surface area contributed by atoms with Crippen molar-refractivity contribution < 1.29 is 10.2 Å². The predicted octanol–water partition coefficient (Wildman–Crippen LogP) is -0.338. The van der Waals surface area contributed by atoms with Crippen LogP contribution in [0.1, 0.15) is 6.42 Å². The number of aromatic nitrogens is 1. The van der Waals surface area contributed by atoms with E-state index in [-0.39, 0.29) is 12.6 Å². The Morgan fingerprint density at radius 3 is 2.83 bits per heavy atom. The highest BCUT2D eigenvalue weighted by Gasteiger charge is 2.31. The molecule has 6 heteroatoms. The molecule has 0 radical (unpaired) electrons. The second-order valence-electron chi connectivity index (χ2n) is 4.85. The summed E-state index contributed by atoms with van der Waals surface area (Å²) in [5.74, 6) is 1.44. The molecule has 0 saturated carbocycles. The van der Waals surface area contributed by atoms with Crippen LogP contribution in [0.15, 0.2) is 12.1 Å². The minimum Gasteiger partial charge on any atom is -0.396 e. The van der Waals surface area contributed by atoms with Gasteiger partial charge in [-0.3, -0.25) is 0 Å². The van der Waals surface area contributed by atoms with Crippen molar-refractivity contribution in [1.29, 1.82) is 0 Å². The van der Waals surface area contributed by atoms with Gasteiger partial charge in [0.05, 0.1) is 24.4 Å². The van der Waals surface area contributed by atoms with Crippen molar-refractivity contribution in [1.82, 2.24) is 4.98 Å². The molecule has 1 aliphatic heterocycles. The van der Waals surface area contributed by atoms with Gasteiger partial charge >= 0.3 is 0 Å². The monoisotopic (exact) mass is 252 g/mol. The van der Waals surface area contributed by atoms with Gasteiger partial charge in [0.1, 0.15) is 5.82 Å². The average Bonchev–Trinajstić information content (AvgIpc) is 2.70. The first-order valence-corrected chi connectivity index (χ1v) is 6.02. The van der Waals surface area contributed by atoms with E-state index in [1.54, 1.807) is 6.07 Å². The molecular formula is C12H20N4O2. The third kappa shape index (κ3) is 2.34. The first-order chi connectivity index (χ1) is 8.52. The molecule has 6 nitrogen and oxygen atoms in total. The summed E-state index contributed by atoms with van der Waals surface area (Å²) in [6.07, 6.45) is 0.157. The van der Waals surface area contributed by atoms with Crippen LogP contribution in [0, 0.1) is 0 Å². The van der Waals surface area contributed by atoms with Crippen molar-refractivity contribution in [2.45, 2.75) is 18.6 Å². The van der Waals surface area contributed by atoms with E-state index in [9.17, 15) is 10.2 Å². The van der Waals surface area contributed by atoms with Gasteiger partial charge < -0.3 is 25.7 Å². The van der Waals surface area contributed by atoms with Crippen molar-refractivity contribution in [2.75, 3.05) is 42.8 Å². The van der Waals surface area contributed by atoms with Crippen molar-refractivity contribution >= 4 is 17.3 Å². The fourth-order valence-electron chi connectivity index (χ4n) is 2.31. The maximum absolute atomic E-state index is 9.68. The van der Waals surface area contributed by atoms with Gasteiger partial charge in [-0.15, -0.1) is 0 Å². The minimum atomic E-state index is -0.413. The van der Waals surface area contributed by atoms with Crippen LogP contribution in [-0.4, -0.2) is 54.6 Å². The number of rotatable bonds is 3. The summed E-state index contributed by atoms with van der Waals surface area (Å²) in [4.78, 5) is 8.27. The molecule has 1 saturated heterocycles. The summed E-state index contributed by atoms with van der Waals surface area (Å²) in [5, 5.41) is 19.0. The molecule has 1 aromatic rings. The summed E-state index contributed by atoms with van der Waals surface area (Å²) in [6.45, 7) is 0.509. The minimum absolute atomic E-state index is 0.0143. The van der Waals surface area contributed by atoms with Gasteiger partial charge in [-0.05, 0) is 18.6 Å². The lowest BCUT2D eigenvalue weighted by atomic mass is 10.2. The Morgan fingerprint density at radius 1 is 1.50 bits per heavy atom. The molecule has 2 unspecified atom stereocenters. The number of nitrogen functional groups attached to an aromatic ring is 1. The number of hydrogen-bond acceptors (Lipinski definition) is 6. The zero-order valence-electron chi connectivity index (χ0n) is 10.7. The Morgan fingerprint density at radius 2 is 2.22 bits per heavy atom. The highest BCUT2D eigenvalue weighted by molar-refractivity contribution is 5.65. The van der Waals surface area contributed by atoms with E-state index in [0.29, 0.717) is 24.5 Å². The van der Waals surface area contributed by atoms with Gasteiger partial charge in [0.2, 0.25) is 0 Å². The number of anilines is 3. The molecular weight excluding hydrogens is 232 g/mol. The molecule has 4 N–H and O–H groups in total. The molecule has 0 spiro atoms. The van der Waals surface area contributed by atoms with Crippen LogP contribution in [0.5, 0.6) is 0 Å². The highest BCUT2D eigenvalue weighted by atomic mass is 16.3. The van der Waals surface area contributed by atoms with Crippen molar-refractivity contribution in [3.63, 3.8) is 0 Å². The molecule has 1 aliphatic rings. The maximum atomic E-state index is 9.68. The smallest absolute Gasteiger partial charge is 0.153 e. The Kier molecular flexibility index (Phi) is 3.58. The molecule has 0 aromatic carbocycles. The number of nitrogens with two attached hydrogens (primary N) is 1. The summed E-state index contributed by atoms with van der Waals surface area (Å²) < 4.78 is 0. The molecule has 0 aliphatic carbocycles. The van der Waals surface area contributed by atoms with Gasteiger partial charge in [0, 0.05) is 20.6 Å². The van der Waals surface area contributed by atoms with Crippen LogP contribution in [0.4, 0.5) is 17.3 Å². The van der Waals surface area contributed by atoms with E-state index in [0.717, 1.165) is 5.82 Å². The Balaban J connectivity index is 2.30. The number of aliphatic hydroxyl groups excluding tert-OH is 2. The number of hydrogen-bond donors (Lipinski definition) is 3. The largest absolute Gasteiger partial charge is 0.396 e. The average molecular weight is 252 g/mol. The van der Waals surface area contributed by atoms with E-state index < -0.39 is 6.10 Å². The fourth-order valence-corrected chi connectivity index (χ4v) is 2.31. The molecule has 0 bridgehead atoms. The van der Waals surface area contributed by atoms with Crippen molar-refractivity contribution in [3.05, 3.63) is 12.1 Å². The lowest BCUT2D eigenvalue weighted by Crippen LogP contribution is -2.33. The highest BCUT2D eigenvalue weighted by Crippen LogP contribution is 2.28. The molecule has 1 aromatic heterocycles. The van der Waals surface area contributed by atoms with Crippen molar-refractivity contribution in [2.24, 2.45) is 0 Å². The number of pyridine rings is 1. The van der Waals surface area contributed by atoms with Gasteiger partial charge in [-0.25, -0.2) is 4.98 Å². The predicted molar refractivity (Wildman–Crippen MR) is 71.8 cm³/mol. The first kappa shape index (κ1) is 12.9. The van der Waals surface area contributed by atoms with Crippen LogP contribution in [0.2, 0.25) is 0 Å². The van der Waals surface area contributed by atoms with E-state index in [1.807, 2.05) is 30.0 Å². The Hall–Kier alpha value is -1.53. The molecule has 2 atom stereocenters. The first-order valence-electron chi connectivity index (χ1n) is 6.02. The van der Waals surface area contributed by atoms with E-state index in [4.69, 9.17) is 5.73 Å². The topological polar surface area (TPSA) is 85.9 Å². The van der Waals surface area contributed by atoms with E-state index in [1.165, 1.54) is 0 Å². The van der Waals surface area contributed by atoms with Crippen LogP contribution < -0.4 is 15.5 Å². The third-order valence-electron chi connectivity index (χ3n) is 3.21. The van der Waals surface area contributed by atoms with Gasteiger partial charge in [0.15, 0.2) is 5.82 Å². The van der Waals surface area contributed by atoms with Crippen molar-refractivity contribution in [3.8, 4) is 0 Å². The second kappa shape index (κ2) is 4.99. The molecule has 2 heterocycles. The summed E-state index contributed by atoms with van der Waals surface area (Å²) >= 11 is 0. The summed E-state index contributed by atoms with van der Waals surface area (Å²) in [6, 6.07) is 3.55. The number of aliphatic hydroxyl groups is 2. The third-order valence-corrected chi connectivity index (χ3v) is 3.21. The maximum Gasteiger partial charge on any atom is 0.153 e. The van der Waals surface area contributed by atoms with E-state index >= 15 is 0 Å². The second-order valence-corrected chi connectivity index (χ2v) is 4.85. The lowest BCUT2D eigenvalue weighted by molar-refractivity contribution is 0.184. The SMILES string of the molecule is CN(C)c1nc(N2CC(O)CC2CO)ccc1N. The van der Waals surface area contributed by atoms with Crippen LogP contribution in [0.3, 0.4) is 0 Å². The van der Waals surface area contributed by atoms with Gasteiger partial charge in [-0.2, -0.15) is 0 Å². The molecule has 100 valence electrons. The van der Waals surface area contributed by atoms with Gasteiger partial charge in [0.25, 0.3) is 0 Å². The zero-order chi connectivity index (χ0) is 13.3. The zero-order valence-corrected chi connectivity index (χ0v) is 10.7. The quantitative estimate of drug-likeness (QED) is 0.682.